The van der Waals surface area contributed by atoms with Crippen molar-refractivity contribution in [3.8, 4) is 0 Å². The molecule has 0 aromatic heterocycles. The monoisotopic (exact) mass is 326 g/mol. The van der Waals surface area contributed by atoms with Gasteiger partial charge >= 0.3 is 0 Å². The number of hydrogen-bond donors (Lipinski definition) is 1. The summed E-state index contributed by atoms with van der Waals surface area (Å²) in [6, 6.07) is 20.2. The summed E-state index contributed by atoms with van der Waals surface area (Å²) in [5, 5.41) is 12.7. The molecule has 1 atom stereocenters. The van der Waals surface area contributed by atoms with Gasteiger partial charge in [-0.05, 0) is 34.0 Å². The lowest BCUT2D eigenvalue weighted by molar-refractivity contribution is 0.222. The van der Waals surface area contributed by atoms with Crippen LogP contribution in [0.1, 0.15) is 24.2 Å². The minimum Gasteiger partial charge on any atom is -0.384 e. The van der Waals surface area contributed by atoms with Crippen LogP contribution in [0.5, 0.6) is 0 Å². The Bertz CT molecular complexity index is 923. The van der Waals surface area contributed by atoms with Crippen LogP contribution in [0.4, 0.5) is 0 Å². The SMILES string of the molecule is CCS(=O)(=O)c1ccc(C(O)c2cccc3ccccc23)cc1. The van der Waals surface area contributed by atoms with Gasteiger partial charge in [0.25, 0.3) is 0 Å². The molecule has 3 nitrogen and oxygen atoms in total. The maximum atomic E-state index is 11.9. The highest BCUT2D eigenvalue weighted by Gasteiger charge is 2.16. The highest BCUT2D eigenvalue weighted by molar-refractivity contribution is 7.91. The Morgan fingerprint density at radius 1 is 0.913 bits per heavy atom. The fourth-order valence-electron chi connectivity index (χ4n) is 2.69. The van der Waals surface area contributed by atoms with E-state index in [1.54, 1.807) is 31.2 Å². The molecule has 0 saturated carbocycles. The van der Waals surface area contributed by atoms with Gasteiger partial charge in [-0.25, -0.2) is 8.42 Å². The summed E-state index contributed by atoms with van der Waals surface area (Å²) in [7, 11) is -3.22. The highest BCUT2D eigenvalue weighted by Crippen LogP contribution is 2.29. The van der Waals surface area contributed by atoms with Gasteiger partial charge in [-0.1, -0.05) is 61.5 Å². The Morgan fingerprint density at radius 2 is 1.57 bits per heavy atom. The highest BCUT2D eigenvalue weighted by atomic mass is 32.2. The largest absolute Gasteiger partial charge is 0.384 e. The smallest absolute Gasteiger partial charge is 0.178 e. The fourth-order valence-corrected chi connectivity index (χ4v) is 3.58. The number of aliphatic hydroxyl groups excluding tert-OH is 1. The van der Waals surface area contributed by atoms with E-state index >= 15 is 0 Å². The van der Waals surface area contributed by atoms with E-state index in [2.05, 4.69) is 0 Å². The zero-order valence-electron chi connectivity index (χ0n) is 12.8. The van der Waals surface area contributed by atoms with E-state index in [1.807, 2.05) is 42.5 Å². The summed E-state index contributed by atoms with van der Waals surface area (Å²) in [4.78, 5) is 0.286. The molecule has 0 spiro atoms. The first kappa shape index (κ1) is 15.7. The summed E-state index contributed by atoms with van der Waals surface area (Å²) in [5.74, 6) is 0.0677. The Balaban J connectivity index is 2.01. The number of fused-ring (bicyclic) bond motifs is 1. The molecule has 3 aromatic rings. The topological polar surface area (TPSA) is 54.4 Å². The normalized spacial score (nSPS) is 13.1. The lowest BCUT2D eigenvalue weighted by Gasteiger charge is -2.15. The van der Waals surface area contributed by atoms with E-state index in [0.29, 0.717) is 5.56 Å². The van der Waals surface area contributed by atoms with Crippen LogP contribution in [-0.4, -0.2) is 19.3 Å². The van der Waals surface area contributed by atoms with Crippen molar-refractivity contribution in [1.82, 2.24) is 0 Å². The molecule has 0 aliphatic rings. The molecular weight excluding hydrogens is 308 g/mol. The molecular formula is C19H18O3S. The molecule has 1 N–H and O–H groups in total. The van der Waals surface area contributed by atoms with Crippen LogP contribution in [-0.2, 0) is 9.84 Å². The van der Waals surface area contributed by atoms with Crippen LogP contribution in [0.2, 0.25) is 0 Å². The van der Waals surface area contributed by atoms with Gasteiger partial charge in [0.15, 0.2) is 9.84 Å². The van der Waals surface area contributed by atoms with Gasteiger partial charge in [0.1, 0.15) is 6.10 Å². The van der Waals surface area contributed by atoms with Crippen LogP contribution >= 0.6 is 0 Å². The number of benzene rings is 3. The lowest BCUT2D eigenvalue weighted by Crippen LogP contribution is -2.05. The third-order valence-electron chi connectivity index (χ3n) is 4.05. The van der Waals surface area contributed by atoms with Gasteiger partial charge in [-0.2, -0.15) is 0 Å². The fraction of sp³-hybridized carbons (Fsp3) is 0.158. The van der Waals surface area contributed by atoms with Gasteiger partial charge in [0.05, 0.1) is 10.6 Å². The van der Waals surface area contributed by atoms with Crippen molar-refractivity contribution in [1.29, 1.82) is 0 Å². The van der Waals surface area contributed by atoms with Crippen molar-refractivity contribution in [2.24, 2.45) is 0 Å². The van der Waals surface area contributed by atoms with Crippen molar-refractivity contribution in [2.45, 2.75) is 17.9 Å². The van der Waals surface area contributed by atoms with Crippen LogP contribution in [0, 0.1) is 0 Å². The maximum absolute atomic E-state index is 11.9. The maximum Gasteiger partial charge on any atom is 0.178 e. The molecule has 0 aliphatic carbocycles. The van der Waals surface area contributed by atoms with Crippen molar-refractivity contribution >= 4 is 20.6 Å². The second kappa shape index (κ2) is 6.14. The van der Waals surface area contributed by atoms with E-state index in [-0.39, 0.29) is 10.6 Å². The molecule has 0 heterocycles. The average molecular weight is 326 g/mol. The van der Waals surface area contributed by atoms with E-state index in [0.717, 1.165) is 16.3 Å². The molecule has 0 aliphatic heterocycles. The third kappa shape index (κ3) is 3.00. The molecule has 3 rings (SSSR count). The van der Waals surface area contributed by atoms with Gasteiger partial charge in [0.2, 0.25) is 0 Å². The van der Waals surface area contributed by atoms with Gasteiger partial charge < -0.3 is 5.11 Å². The average Bonchev–Trinajstić information content (AvgIpc) is 2.60. The molecule has 118 valence electrons. The summed E-state index contributed by atoms with van der Waals surface area (Å²) in [6.07, 6.45) is -0.792. The zero-order valence-corrected chi connectivity index (χ0v) is 13.6. The summed E-state index contributed by atoms with van der Waals surface area (Å²) in [5.41, 5.74) is 1.49. The predicted molar refractivity (Wildman–Crippen MR) is 92.2 cm³/mol. The quantitative estimate of drug-likeness (QED) is 0.795. The first-order valence-electron chi connectivity index (χ1n) is 7.51. The Labute approximate surface area is 136 Å². The molecule has 0 amide bonds. The number of aliphatic hydroxyl groups is 1. The lowest BCUT2D eigenvalue weighted by atomic mass is 9.96. The van der Waals surface area contributed by atoms with E-state index < -0.39 is 15.9 Å². The second-order valence-corrected chi connectivity index (χ2v) is 7.72. The molecule has 0 bridgehead atoms. The van der Waals surface area contributed by atoms with Crippen molar-refractivity contribution < 1.29 is 13.5 Å². The predicted octanol–water partition coefficient (Wildman–Crippen LogP) is 3.72. The van der Waals surface area contributed by atoms with Crippen LogP contribution in [0.15, 0.2) is 71.6 Å². The minimum atomic E-state index is -3.22. The number of sulfone groups is 1. The van der Waals surface area contributed by atoms with Crippen LogP contribution in [0.3, 0.4) is 0 Å². The van der Waals surface area contributed by atoms with Crippen molar-refractivity contribution in [3.05, 3.63) is 77.9 Å². The van der Waals surface area contributed by atoms with E-state index in [9.17, 15) is 13.5 Å². The summed E-state index contributed by atoms with van der Waals surface area (Å²) in [6.45, 7) is 1.62. The van der Waals surface area contributed by atoms with Crippen molar-refractivity contribution in [3.63, 3.8) is 0 Å². The van der Waals surface area contributed by atoms with Gasteiger partial charge in [0, 0.05) is 0 Å². The van der Waals surface area contributed by atoms with E-state index in [4.69, 9.17) is 0 Å². The van der Waals surface area contributed by atoms with Crippen LogP contribution < -0.4 is 0 Å². The van der Waals surface area contributed by atoms with Gasteiger partial charge in [-0.15, -0.1) is 0 Å². The molecule has 0 saturated heterocycles. The summed E-state index contributed by atoms with van der Waals surface area (Å²) >= 11 is 0. The first-order chi connectivity index (χ1) is 11.0. The number of hydrogen-bond acceptors (Lipinski definition) is 3. The van der Waals surface area contributed by atoms with Gasteiger partial charge in [-0.3, -0.25) is 0 Å². The summed E-state index contributed by atoms with van der Waals surface area (Å²) < 4.78 is 23.7. The third-order valence-corrected chi connectivity index (χ3v) is 5.80. The molecule has 23 heavy (non-hydrogen) atoms. The van der Waals surface area contributed by atoms with Crippen LogP contribution in [0.25, 0.3) is 10.8 Å². The molecule has 4 heteroatoms. The molecule has 0 radical (unpaired) electrons. The molecule has 1 unspecified atom stereocenters. The van der Waals surface area contributed by atoms with E-state index in [1.165, 1.54) is 0 Å². The zero-order chi connectivity index (χ0) is 16.4. The minimum absolute atomic E-state index is 0.0677. The first-order valence-corrected chi connectivity index (χ1v) is 9.16. The Hall–Kier alpha value is -2.17. The van der Waals surface area contributed by atoms with Crippen molar-refractivity contribution in [2.75, 3.05) is 5.75 Å². The Kier molecular flexibility index (Phi) is 4.20. The Morgan fingerprint density at radius 3 is 2.26 bits per heavy atom. The second-order valence-electron chi connectivity index (χ2n) is 5.44. The molecule has 0 fully saturated rings. The number of rotatable bonds is 4. The standard InChI is InChI=1S/C19H18O3S/c1-2-23(21,22)16-12-10-15(11-13-16)19(20)18-9-5-7-14-6-3-4-8-17(14)18/h3-13,19-20H,2H2,1H3. The molecule has 3 aromatic carbocycles.